The van der Waals surface area contributed by atoms with Gasteiger partial charge in [0.25, 0.3) is 0 Å². The molecule has 0 bridgehead atoms. The van der Waals surface area contributed by atoms with E-state index in [1.165, 1.54) is 6.42 Å². The normalized spacial score (nSPS) is 41.2. The van der Waals surface area contributed by atoms with Crippen molar-refractivity contribution in [2.45, 2.75) is 33.1 Å². The first-order valence-electron chi connectivity index (χ1n) is 3.61. The lowest BCUT2D eigenvalue weighted by Gasteiger charge is -2.39. The molecule has 1 nitrogen and oxygen atoms in total. The molecular weight excluding hydrogens is 110 g/mol. The van der Waals surface area contributed by atoms with Gasteiger partial charge in [-0.25, -0.2) is 0 Å². The summed E-state index contributed by atoms with van der Waals surface area (Å²) >= 11 is 0. The highest BCUT2D eigenvalue weighted by Crippen LogP contribution is 2.45. The molecule has 0 aromatic heterocycles. The minimum atomic E-state index is 0.0423. The Morgan fingerprint density at radius 2 is 2.22 bits per heavy atom. The Morgan fingerprint density at radius 3 is 2.56 bits per heavy atom. The predicted octanol–water partition coefficient (Wildman–Crippen LogP) is 2.34. The Balaban J connectivity index is 2.35. The molecule has 9 heavy (non-hydrogen) atoms. The molecule has 1 aliphatic rings. The van der Waals surface area contributed by atoms with Crippen LogP contribution in [0.3, 0.4) is 0 Å². The molecule has 0 spiro atoms. The van der Waals surface area contributed by atoms with E-state index in [0.29, 0.717) is 0 Å². The lowest BCUT2D eigenvalue weighted by Crippen LogP contribution is -2.32. The van der Waals surface area contributed by atoms with Gasteiger partial charge in [0.2, 0.25) is 0 Å². The Morgan fingerprint density at radius 1 is 1.67 bits per heavy atom. The lowest BCUT2D eigenvalue weighted by atomic mass is 9.63. The van der Waals surface area contributed by atoms with Gasteiger partial charge in [-0.3, -0.25) is 0 Å². The maximum absolute atomic E-state index is 8.61. The first-order chi connectivity index (χ1) is 4.20. The van der Waals surface area contributed by atoms with Crippen LogP contribution in [-0.4, -0.2) is 0 Å². The number of nitrogens with zero attached hydrogens (tertiary/aromatic N) is 1. The molecule has 0 saturated heterocycles. The molecular formula is C8H13N. The van der Waals surface area contributed by atoms with Gasteiger partial charge in [-0.1, -0.05) is 13.3 Å². The fraction of sp³-hybridized carbons (Fsp3) is 0.875. The van der Waals surface area contributed by atoms with Gasteiger partial charge in [0.15, 0.2) is 0 Å². The van der Waals surface area contributed by atoms with Gasteiger partial charge in [-0.05, 0) is 25.7 Å². The summed E-state index contributed by atoms with van der Waals surface area (Å²) in [6, 6.07) is 2.34. The SMILES string of the molecule is CC[C@H]1C[C@](C)(C#N)C1. The molecule has 0 amide bonds. The molecule has 0 N–H and O–H groups in total. The summed E-state index contributed by atoms with van der Waals surface area (Å²) in [7, 11) is 0. The van der Waals surface area contributed by atoms with Crippen molar-refractivity contribution in [2.75, 3.05) is 0 Å². The minimum absolute atomic E-state index is 0.0423. The molecule has 0 aliphatic heterocycles. The summed E-state index contributed by atoms with van der Waals surface area (Å²) in [4.78, 5) is 0. The van der Waals surface area contributed by atoms with Crippen LogP contribution >= 0.6 is 0 Å². The van der Waals surface area contributed by atoms with Gasteiger partial charge in [0.1, 0.15) is 0 Å². The molecule has 1 heteroatoms. The quantitative estimate of drug-likeness (QED) is 0.525. The van der Waals surface area contributed by atoms with Crippen LogP contribution in [-0.2, 0) is 0 Å². The standard InChI is InChI=1S/C8H13N/c1-3-7-4-8(2,5-7)6-9/h7H,3-5H2,1-2H3/t7-,8-. The van der Waals surface area contributed by atoms with E-state index >= 15 is 0 Å². The Bertz CT molecular complexity index is 137. The Labute approximate surface area is 56.7 Å². The third-order valence-corrected chi connectivity index (χ3v) is 2.33. The topological polar surface area (TPSA) is 23.8 Å². The zero-order valence-corrected chi connectivity index (χ0v) is 6.15. The van der Waals surface area contributed by atoms with E-state index in [1.807, 2.05) is 0 Å². The summed E-state index contributed by atoms with van der Waals surface area (Å²) in [6.45, 7) is 4.25. The van der Waals surface area contributed by atoms with Crippen molar-refractivity contribution < 1.29 is 0 Å². The van der Waals surface area contributed by atoms with Crippen molar-refractivity contribution in [2.24, 2.45) is 11.3 Å². The van der Waals surface area contributed by atoms with Gasteiger partial charge in [-0.15, -0.1) is 0 Å². The highest BCUT2D eigenvalue weighted by atomic mass is 14.4. The van der Waals surface area contributed by atoms with Gasteiger partial charge >= 0.3 is 0 Å². The van der Waals surface area contributed by atoms with E-state index in [4.69, 9.17) is 5.26 Å². The van der Waals surface area contributed by atoms with Crippen molar-refractivity contribution in [1.29, 1.82) is 5.26 Å². The van der Waals surface area contributed by atoms with Gasteiger partial charge in [-0.2, -0.15) is 5.26 Å². The third-order valence-electron chi connectivity index (χ3n) is 2.33. The van der Waals surface area contributed by atoms with E-state index in [-0.39, 0.29) is 5.41 Å². The fourth-order valence-electron chi connectivity index (χ4n) is 1.59. The van der Waals surface area contributed by atoms with E-state index in [2.05, 4.69) is 19.9 Å². The van der Waals surface area contributed by atoms with Crippen molar-refractivity contribution >= 4 is 0 Å². The molecule has 0 aromatic rings. The molecule has 0 unspecified atom stereocenters. The summed E-state index contributed by atoms with van der Waals surface area (Å²) in [5, 5.41) is 8.61. The van der Waals surface area contributed by atoms with E-state index in [9.17, 15) is 0 Å². The molecule has 0 radical (unpaired) electrons. The fourth-order valence-corrected chi connectivity index (χ4v) is 1.59. The molecule has 1 fully saturated rings. The van der Waals surface area contributed by atoms with E-state index in [1.54, 1.807) is 0 Å². The van der Waals surface area contributed by atoms with Crippen molar-refractivity contribution in [3.63, 3.8) is 0 Å². The van der Waals surface area contributed by atoms with Crippen LogP contribution < -0.4 is 0 Å². The van der Waals surface area contributed by atoms with Gasteiger partial charge in [0.05, 0.1) is 11.5 Å². The molecule has 0 atom stereocenters. The monoisotopic (exact) mass is 123 g/mol. The van der Waals surface area contributed by atoms with Crippen LogP contribution in [0.25, 0.3) is 0 Å². The number of hydrogen-bond acceptors (Lipinski definition) is 1. The smallest absolute Gasteiger partial charge is 0.0687 e. The summed E-state index contributed by atoms with van der Waals surface area (Å²) in [5.41, 5.74) is 0.0423. The van der Waals surface area contributed by atoms with Crippen LogP contribution in [0.2, 0.25) is 0 Å². The molecule has 1 rings (SSSR count). The Hall–Kier alpha value is -0.510. The van der Waals surface area contributed by atoms with Gasteiger partial charge < -0.3 is 0 Å². The van der Waals surface area contributed by atoms with Crippen molar-refractivity contribution in [3.05, 3.63) is 0 Å². The predicted molar refractivity (Wildman–Crippen MR) is 36.7 cm³/mol. The van der Waals surface area contributed by atoms with E-state index < -0.39 is 0 Å². The zero-order chi connectivity index (χ0) is 6.91. The summed E-state index contributed by atoms with van der Waals surface area (Å²) in [6.07, 6.45) is 3.50. The maximum Gasteiger partial charge on any atom is 0.0687 e. The number of rotatable bonds is 1. The molecule has 0 aromatic carbocycles. The second kappa shape index (κ2) is 2.02. The minimum Gasteiger partial charge on any atom is -0.198 e. The largest absolute Gasteiger partial charge is 0.198 e. The second-order valence-electron chi connectivity index (χ2n) is 3.35. The number of nitriles is 1. The van der Waals surface area contributed by atoms with Crippen LogP contribution in [0, 0.1) is 22.7 Å². The molecule has 0 heterocycles. The lowest BCUT2D eigenvalue weighted by molar-refractivity contribution is 0.134. The highest BCUT2D eigenvalue weighted by molar-refractivity contribution is 5.04. The number of hydrogen-bond donors (Lipinski definition) is 0. The van der Waals surface area contributed by atoms with Crippen LogP contribution in [0.1, 0.15) is 33.1 Å². The maximum atomic E-state index is 8.61. The zero-order valence-electron chi connectivity index (χ0n) is 6.15. The van der Waals surface area contributed by atoms with Crippen LogP contribution in [0.15, 0.2) is 0 Å². The van der Waals surface area contributed by atoms with E-state index in [0.717, 1.165) is 18.8 Å². The molecule has 1 aliphatic carbocycles. The first kappa shape index (κ1) is 6.61. The third kappa shape index (κ3) is 1.08. The summed E-state index contributed by atoms with van der Waals surface area (Å²) < 4.78 is 0. The van der Waals surface area contributed by atoms with Crippen molar-refractivity contribution in [1.82, 2.24) is 0 Å². The van der Waals surface area contributed by atoms with Crippen LogP contribution in [0.4, 0.5) is 0 Å². The van der Waals surface area contributed by atoms with Gasteiger partial charge in [0, 0.05) is 0 Å². The molecule has 50 valence electrons. The molecule has 1 saturated carbocycles. The highest BCUT2D eigenvalue weighted by Gasteiger charge is 2.38. The van der Waals surface area contributed by atoms with Crippen LogP contribution in [0.5, 0.6) is 0 Å². The average molecular weight is 123 g/mol. The average Bonchev–Trinajstić information content (AvgIpc) is 1.81. The first-order valence-corrected chi connectivity index (χ1v) is 3.61. The Kier molecular flexibility index (Phi) is 1.48. The van der Waals surface area contributed by atoms with Crippen molar-refractivity contribution in [3.8, 4) is 6.07 Å². The second-order valence-corrected chi connectivity index (χ2v) is 3.35. The summed E-state index contributed by atoms with van der Waals surface area (Å²) in [5.74, 6) is 0.842.